The molecule has 2 aliphatic rings. The molecule has 16 heavy (non-hydrogen) atoms. The van der Waals surface area contributed by atoms with E-state index in [-0.39, 0.29) is 5.92 Å². The molecule has 0 aromatic heterocycles. The Balaban J connectivity index is 1.80. The highest BCUT2D eigenvalue weighted by Gasteiger charge is 2.37. The van der Waals surface area contributed by atoms with Gasteiger partial charge in [0.05, 0.1) is 6.61 Å². The van der Waals surface area contributed by atoms with Crippen LogP contribution in [0.4, 0.5) is 0 Å². The molecular formula is C13H20O3. The maximum absolute atomic E-state index is 11.0. The Morgan fingerprint density at radius 2 is 2.12 bits per heavy atom. The number of rotatable bonds is 5. The normalized spacial score (nSPS) is 31.3. The minimum atomic E-state index is -0.790. The van der Waals surface area contributed by atoms with Gasteiger partial charge in [-0.1, -0.05) is 19.1 Å². The van der Waals surface area contributed by atoms with Gasteiger partial charge < -0.3 is 9.84 Å². The van der Waals surface area contributed by atoms with Crippen LogP contribution in [0.3, 0.4) is 0 Å². The Labute approximate surface area is 96.5 Å². The van der Waals surface area contributed by atoms with Gasteiger partial charge >= 0.3 is 5.97 Å². The maximum Gasteiger partial charge on any atom is 0.333 e. The van der Waals surface area contributed by atoms with Crippen molar-refractivity contribution in [3.05, 3.63) is 12.2 Å². The molecule has 3 nitrogen and oxygen atoms in total. The van der Waals surface area contributed by atoms with Crippen molar-refractivity contribution < 1.29 is 14.6 Å². The Morgan fingerprint density at radius 3 is 2.69 bits per heavy atom. The van der Waals surface area contributed by atoms with E-state index < -0.39 is 12.1 Å². The van der Waals surface area contributed by atoms with Crippen molar-refractivity contribution in [1.82, 2.24) is 0 Å². The largest absolute Gasteiger partial charge is 0.479 e. The Bertz CT molecular complexity index is 281. The van der Waals surface area contributed by atoms with Crippen molar-refractivity contribution in [2.45, 2.75) is 38.7 Å². The molecule has 3 unspecified atom stereocenters. The molecule has 1 fully saturated rings. The lowest BCUT2D eigenvalue weighted by Crippen LogP contribution is -2.30. The average Bonchev–Trinajstić information content (AvgIpc) is 3.04. The van der Waals surface area contributed by atoms with Gasteiger partial charge in [-0.25, -0.2) is 4.79 Å². The van der Waals surface area contributed by atoms with Gasteiger partial charge in [0.1, 0.15) is 0 Å². The Kier molecular flexibility index (Phi) is 3.64. The van der Waals surface area contributed by atoms with E-state index in [2.05, 4.69) is 19.1 Å². The monoisotopic (exact) mass is 224 g/mol. The zero-order valence-corrected chi connectivity index (χ0v) is 9.76. The smallest absolute Gasteiger partial charge is 0.333 e. The van der Waals surface area contributed by atoms with Crippen LogP contribution >= 0.6 is 0 Å². The van der Waals surface area contributed by atoms with Crippen LogP contribution in [0.15, 0.2) is 12.2 Å². The fraction of sp³-hybridized carbons (Fsp3) is 0.769. The first-order valence-corrected chi connectivity index (χ1v) is 6.18. The van der Waals surface area contributed by atoms with Crippen LogP contribution in [0, 0.1) is 17.8 Å². The summed E-state index contributed by atoms with van der Waals surface area (Å²) in [6.07, 6.45) is 7.97. The van der Waals surface area contributed by atoms with Crippen molar-refractivity contribution in [2.75, 3.05) is 6.61 Å². The van der Waals surface area contributed by atoms with Gasteiger partial charge in [-0.2, -0.15) is 0 Å². The molecule has 0 aliphatic heterocycles. The summed E-state index contributed by atoms with van der Waals surface area (Å²) < 4.78 is 5.60. The van der Waals surface area contributed by atoms with Crippen molar-refractivity contribution in [3.63, 3.8) is 0 Å². The molecular weight excluding hydrogens is 204 g/mol. The molecule has 0 spiro atoms. The summed E-state index contributed by atoms with van der Waals surface area (Å²) in [6, 6.07) is 0. The van der Waals surface area contributed by atoms with Gasteiger partial charge in [0.2, 0.25) is 0 Å². The van der Waals surface area contributed by atoms with E-state index in [0.29, 0.717) is 18.4 Å². The number of aliphatic carboxylic acids is 1. The highest BCUT2D eigenvalue weighted by atomic mass is 16.5. The van der Waals surface area contributed by atoms with Crippen LogP contribution in [0.25, 0.3) is 0 Å². The van der Waals surface area contributed by atoms with Crippen LogP contribution in [-0.2, 0) is 9.53 Å². The van der Waals surface area contributed by atoms with Gasteiger partial charge in [-0.15, -0.1) is 0 Å². The molecule has 1 saturated carbocycles. The van der Waals surface area contributed by atoms with Gasteiger partial charge in [0.25, 0.3) is 0 Å². The van der Waals surface area contributed by atoms with Crippen molar-refractivity contribution in [2.24, 2.45) is 17.8 Å². The summed E-state index contributed by atoms with van der Waals surface area (Å²) in [7, 11) is 0. The second-order valence-electron chi connectivity index (χ2n) is 5.11. The fourth-order valence-electron chi connectivity index (χ4n) is 2.27. The van der Waals surface area contributed by atoms with Gasteiger partial charge in [0, 0.05) is 0 Å². The van der Waals surface area contributed by atoms with Gasteiger partial charge in [-0.05, 0) is 43.4 Å². The van der Waals surface area contributed by atoms with E-state index in [1.807, 2.05) is 0 Å². The predicted molar refractivity (Wildman–Crippen MR) is 61.1 cm³/mol. The van der Waals surface area contributed by atoms with Crippen LogP contribution in [0.5, 0.6) is 0 Å². The molecule has 0 bridgehead atoms. The van der Waals surface area contributed by atoms with E-state index in [0.717, 1.165) is 25.7 Å². The molecule has 90 valence electrons. The number of carboxylic acids is 1. The Morgan fingerprint density at radius 1 is 1.44 bits per heavy atom. The maximum atomic E-state index is 11.0. The number of ether oxygens (including phenoxy) is 1. The average molecular weight is 224 g/mol. The second-order valence-corrected chi connectivity index (χ2v) is 5.11. The van der Waals surface area contributed by atoms with E-state index in [9.17, 15) is 4.79 Å². The van der Waals surface area contributed by atoms with Crippen LogP contribution in [-0.4, -0.2) is 23.8 Å². The minimum Gasteiger partial charge on any atom is -0.479 e. The second kappa shape index (κ2) is 5.00. The van der Waals surface area contributed by atoms with E-state index in [1.54, 1.807) is 0 Å². The highest BCUT2D eigenvalue weighted by molar-refractivity contribution is 5.73. The topological polar surface area (TPSA) is 46.5 Å². The molecule has 2 rings (SSSR count). The first kappa shape index (κ1) is 11.6. The molecule has 0 saturated heterocycles. The lowest BCUT2D eigenvalue weighted by atomic mass is 9.85. The molecule has 0 radical (unpaired) electrons. The number of allylic oxidation sites excluding steroid dienone is 2. The molecule has 0 aromatic carbocycles. The fourth-order valence-corrected chi connectivity index (χ4v) is 2.27. The summed E-state index contributed by atoms with van der Waals surface area (Å²) in [5.74, 6) is 0.581. The summed E-state index contributed by atoms with van der Waals surface area (Å²) in [5, 5.41) is 9.04. The van der Waals surface area contributed by atoms with Crippen molar-refractivity contribution >= 4 is 5.97 Å². The van der Waals surface area contributed by atoms with Crippen molar-refractivity contribution in [1.29, 1.82) is 0 Å². The zero-order chi connectivity index (χ0) is 11.5. The first-order chi connectivity index (χ1) is 7.68. The highest BCUT2D eigenvalue weighted by Crippen LogP contribution is 2.35. The van der Waals surface area contributed by atoms with E-state index in [1.165, 1.54) is 0 Å². The minimum absolute atomic E-state index is 0.270. The summed E-state index contributed by atoms with van der Waals surface area (Å²) in [6.45, 7) is 2.81. The third-order valence-corrected chi connectivity index (χ3v) is 3.70. The molecule has 2 aliphatic carbocycles. The lowest BCUT2D eigenvalue weighted by Gasteiger charge is -2.26. The lowest BCUT2D eigenvalue weighted by molar-refractivity contribution is -0.153. The van der Waals surface area contributed by atoms with Crippen LogP contribution in [0.1, 0.15) is 32.6 Å². The number of hydrogen-bond donors (Lipinski definition) is 1. The molecule has 3 heteroatoms. The van der Waals surface area contributed by atoms with E-state index in [4.69, 9.17) is 9.84 Å². The Hall–Kier alpha value is -0.830. The van der Waals surface area contributed by atoms with Gasteiger partial charge in [0.15, 0.2) is 6.10 Å². The SMILES string of the molecule is CC1CC=CCC1COC(C(=O)O)C1CC1. The third-order valence-electron chi connectivity index (χ3n) is 3.70. The first-order valence-electron chi connectivity index (χ1n) is 6.18. The third kappa shape index (κ3) is 2.85. The molecule has 0 amide bonds. The van der Waals surface area contributed by atoms with Crippen molar-refractivity contribution in [3.8, 4) is 0 Å². The van der Waals surface area contributed by atoms with Crippen LogP contribution < -0.4 is 0 Å². The van der Waals surface area contributed by atoms with Crippen LogP contribution in [0.2, 0.25) is 0 Å². The number of carboxylic acid groups (broad SMARTS) is 1. The zero-order valence-electron chi connectivity index (χ0n) is 9.76. The number of hydrogen-bond acceptors (Lipinski definition) is 2. The number of carbonyl (C=O) groups is 1. The summed E-state index contributed by atoms with van der Waals surface area (Å²) >= 11 is 0. The van der Waals surface area contributed by atoms with Gasteiger partial charge in [-0.3, -0.25) is 0 Å². The predicted octanol–water partition coefficient (Wildman–Crippen LogP) is 2.47. The molecule has 3 atom stereocenters. The quantitative estimate of drug-likeness (QED) is 0.730. The molecule has 0 aromatic rings. The molecule has 0 heterocycles. The summed E-state index contributed by atoms with van der Waals surface area (Å²) in [5.41, 5.74) is 0. The molecule has 1 N–H and O–H groups in total. The standard InChI is InChI=1S/C13H20O3/c1-9-4-2-3-5-11(9)8-16-12(13(14)15)10-6-7-10/h2-3,9-12H,4-8H2,1H3,(H,14,15). The van der Waals surface area contributed by atoms with E-state index >= 15 is 0 Å². The summed E-state index contributed by atoms with van der Waals surface area (Å²) in [4.78, 5) is 11.0.